The number of hydrogen-bond acceptors (Lipinski definition) is 3. The molecule has 1 N–H and O–H groups in total. The van der Waals surface area contributed by atoms with Crippen LogP contribution in [-0.4, -0.2) is 10.9 Å². The van der Waals surface area contributed by atoms with Crippen molar-refractivity contribution in [2.45, 2.75) is 39.2 Å². The van der Waals surface area contributed by atoms with E-state index in [1.54, 1.807) is 6.92 Å². The third-order valence-electron chi connectivity index (χ3n) is 4.98. The second-order valence-electron chi connectivity index (χ2n) is 6.91. The van der Waals surface area contributed by atoms with Gasteiger partial charge in [-0.3, -0.25) is 4.79 Å². The first kappa shape index (κ1) is 16.6. The van der Waals surface area contributed by atoms with E-state index in [4.69, 9.17) is 4.42 Å². The van der Waals surface area contributed by atoms with Crippen LogP contribution in [0.3, 0.4) is 0 Å². The van der Waals surface area contributed by atoms with E-state index in [1.165, 1.54) is 16.7 Å². The molecule has 0 saturated heterocycles. The number of fused-ring (bicyclic) bond motifs is 1. The second-order valence-corrected chi connectivity index (χ2v) is 6.91. The molecular formula is C22H22N2O2. The maximum atomic E-state index is 12.8. The number of carbonyl (C=O) groups excluding carboxylic acids is 1. The Kier molecular flexibility index (Phi) is 4.33. The van der Waals surface area contributed by atoms with Gasteiger partial charge in [0, 0.05) is 5.56 Å². The lowest BCUT2D eigenvalue weighted by Crippen LogP contribution is -2.31. The van der Waals surface area contributed by atoms with E-state index < -0.39 is 0 Å². The predicted molar refractivity (Wildman–Crippen MR) is 101 cm³/mol. The van der Waals surface area contributed by atoms with Crippen LogP contribution in [0.15, 0.2) is 52.9 Å². The normalized spacial score (nSPS) is 16.2. The van der Waals surface area contributed by atoms with Crippen molar-refractivity contribution in [2.24, 2.45) is 0 Å². The number of carbonyl (C=O) groups is 1. The molecule has 1 unspecified atom stereocenters. The lowest BCUT2D eigenvalue weighted by atomic mass is 9.87. The average molecular weight is 346 g/mol. The van der Waals surface area contributed by atoms with Gasteiger partial charge in [-0.1, -0.05) is 42.0 Å². The summed E-state index contributed by atoms with van der Waals surface area (Å²) in [7, 11) is 0. The van der Waals surface area contributed by atoms with Gasteiger partial charge in [-0.15, -0.1) is 0 Å². The predicted octanol–water partition coefficient (Wildman–Crippen LogP) is 4.77. The molecule has 1 aliphatic rings. The van der Waals surface area contributed by atoms with Crippen LogP contribution in [0.1, 0.15) is 51.8 Å². The van der Waals surface area contributed by atoms with Crippen LogP contribution in [0.25, 0.3) is 11.5 Å². The van der Waals surface area contributed by atoms with E-state index in [2.05, 4.69) is 28.5 Å². The Hall–Kier alpha value is -2.88. The highest BCUT2D eigenvalue weighted by atomic mass is 16.4. The fourth-order valence-electron chi connectivity index (χ4n) is 3.56. The summed E-state index contributed by atoms with van der Waals surface area (Å²) in [5.41, 5.74) is 4.95. The first-order chi connectivity index (χ1) is 12.6. The molecule has 0 saturated carbocycles. The maximum absolute atomic E-state index is 12.8. The highest BCUT2D eigenvalue weighted by Crippen LogP contribution is 2.30. The molecule has 4 rings (SSSR count). The Morgan fingerprint density at radius 2 is 1.88 bits per heavy atom. The molecule has 1 amide bonds. The lowest BCUT2D eigenvalue weighted by molar-refractivity contribution is 0.0927. The summed E-state index contributed by atoms with van der Waals surface area (Å²) in [5.74, 6) is 0.852. The van der Waals surface area contributed by atoms with Gasteiger partial charge < -0.3 is 9.73 Å². The molecule has 3 aromatic rings. The van der Waals surface area contributed by atoms with Gasteiger partial charge in [-0.25, -0.2) is 4.98 Å². The minimum atomic E-state index is -0.175. The molecule has 1 aromatic heterocycles. The largest absolute Gasteiger partial charge is 0.441 e. The molecule has 0 radical (unpaired) electrons. The van der Waals surface area contributed by atoms with Crippen LogP contribution >= 0.6 is 0 Å². The summed E-state index contributed by atoms with van der Waals surface area (Å²) >= 11 is 0. The van der Waals surface area contributed by atoms with Gasteiger partial charge >= 0.3 is 0 Å². The lowest BCUT2D eigenvalue weighted by Gasteiger charge is -2.26. The Bertz CT molecular complexity index is 941. The Balaban J connectivity index is 1.57. The number of nitrogens with zero attached hydrogens (tertiary/aromatic N) is 1. The first-order valence-corrected chi connectivity index (χ1v) is 9.05. The Labute approximate surface area is 153 Å². The molecule has 2 aromatic carbocycles. The van der Waals surface area contributed by atoms with Crippen LogP contribution in [0, 0.1) is 13.8 Å². The van der Waals surface area contributed by atoms with Gasteiger partial charge in [-0.05, 0) is 56.4 Å². The van der Waals surface area contributed by atoms with Crippen molar-refractivity contribution in [2.75, 3.05) is 0 Å². The van der Waals surface area contributed by atoms with Crippen LogP contribution in [-0.2, 0) is 6.42 Å². The summed E-state index contributed by atoms with van der Waals surface area (Å²) in [4.78, 5) is 17.3. The maximum Gasteiger partial charge on any atom is 0.274 e. The first-order valence-electron chi connectivity index (χ1n) is 9.05. The van der Waals surface area contributed by atoms with Gasteiger partial charge in [0.05, 0.1) is 6.04 Å². The van der Waals surface area contributed by atoms with Gasteiger partial charge in [0.2, 0.25) is 5.89 Å². The molecule has 1 atom stereocenters. The highest BCUT2D eigenvalue weighted by Gasteiger charge is 2.25. The number of amides is 1. The number of aryl methyl sites for hydroxylation is 3. The van der Waals surface area contributed by atoms with Gasteiger partial charge in [0.15, 0.2) is 5.69 Å². The van der Waals surface area contributed by atoms with Crippen molar-refractivity contribution < 1.29 is 9.21 Å². The quantitative estimate of drug-likeness (QED) is 0.743. The zero-order valence-corrected chi connectivity index (χ0v) is 15.1. The van der Waals surface area contributed by atoms with E-state index in [0.717, 1.165) is 24.8 Å². The van der Waals surface area contributed by atoms with Crippen LogP contribution in [0.2, 0.25) is 0 Å². The fraction of sp³-hybridized carbons (Fsp3) is 0.273. The van der Waals surface area contributed by atoms with E-state index in [-0.39, 0.29) is 11.9 Å². The molecule has 26 heavy (non-hydrogen) atoms. The molecule has 1 heterocycles. The van der Waals surface area contributed by atoms with Crippen molar-refractivity contribution in [1.82, 2.24) is 10.3 Å². The minimum absolute atomic E-state index is 0.0337. The topological polar surface area (TPSA) is 55.1 Å². The standard InChI is InChI=1S/C22H22N2O2/c1-14-10-12-17(13-11-14)22-24-20(15(2)26-22)21(25)23-19-9-5-7-16-6-3-4-8-18(16)19/h3-4,6,8,10-13,19H,5,7,9H2,1-2H3,(H,23,25). The number of oxazole rings is 1. The number of aromatic nitrogens is 1. The summed E-state index contributed by atoms with van der Waals surface area (Å²) in [5, 5.41) is 3.14. The Morgan fingerprint density at radius 1 is 1.12 bits per heavy atom. The van der Waals surface area contributed by atoms with Crippen molar-refractivity contribution in [3.8, 4) is 11.5 Å². The zero-order valence-electron chi connectivity index (χ0n) is 15.1. The van der Waals surface area contributed by atoms with Crippen LogP contribution in [0.4, 0.5) is 0 Å². The zero-order chi connectivity index (χ0) is 18.1. The molecule has 4 nitrogen and oxygen atoms in total. The summed E-state index contributed by atoms with van der Waals surface area (Å²) < 4.78 is 5.75. The highest BCUT2D eigenvalue weighted by molar-refractivity contribution is 5.94. The molecule has 0 aliphatic heterocycles. The second kappa shape index (κ2) is 6.79. The van der Waals surface area contributed by atoms with Crippen molar-refractivity contribution in [3.63, 3.8) is 0 Å². The average Bonchev–Trinajstić information content (AvgIpc) is 3.04. The third-order valence-corrected chi connectivity index (χ3v) is 4.98. The molecular weight excluding hydrogens is 324 g/mol. The molecule has 0 bridgehead atoms. The molecule has 132 valence electrons. The van der Waals surface area contributed by atoms with E-state index in [9.17, 15) is 4.79 Å². The Morgan fingerprint density at radius 3 is 2.69 bits per heavy atom. The molecule has 0 spiro atoms. The van der Waals surface area contributed by atoms with Crippen molar-refractivity contribution >= 4 is 5.91 Å². The van der Waals surface area contributed by atoms with Crippen molar-refractivity contribution in [3.05, 3.63) is 76.7 Å². The van der Waals surface area contributed by atoms with E-state index in [1.807, 2.05) is 37.3 Å². The minimum Gasteiger partial charge on any atom is -0.441 e. The summed E-state index contributed by atoms with van der Waals surface area (Å²) in [6.45, 7) is 3.82. The number of hydrogen-bond donors (Lipinski definition) is 1. The summed E-state index contributed by atoms with van der Waals surface area (Å²) in [6.07, 6.45) is 3.10. The fourth-order valence-corrected chi connectivity index (χ4v) is 3.56. The number of rotatable bonds is 3. The molecule has 4 heteroatoms. The number of benzene rings is 2. The molecule has 0 fully saturated rings. The monoisotopic (exact) mass is 346 g/mol. The van der Waals surface area contributed by atoms with Crippen LogP contribution < -0.4 is 5.32 Å². The smallest absolute Gasteiger partial charge is 0.274 e. The molecule has 1 aliphatic carbocycles. The van der Waals surface area contributed by atoms with Crippen molar-refractivity contribution in [1.29, 1.82) is 0 Å². The van der Waals surface area contributed by atoms with Gasteiger partial charge in [-0.2, -0.15) is 0 Å². The van der Waals surface area contributed by atoms with E-state index in [0.29, 0.717) is 17.3 Å². The third kappa shape index (κ3) is 3.15. The van der Waals surface area contributed by atoms with Crippen LogP contribution in [0.5, 0.6) is 0 Å². The summed E-state index contributed by atoms with van der Waals surface area (Å²) in [6, 6.07) is 16.3. The van der Waals surface area contributed by atoms with Gasteiger partial charge in [0.25, 0.3) is 5.91 Å². The SMILES string of the molecule is Cc1ccc(-c2nc(C(=O)NC3CCCc4ccccc43)c(C)o2)cc1. The van der Waals surface area contributed by atoms with Gasteiger partial charge in [0.1, 0.15) is 5.76 Å². The van der Waals surface area contributed by atoms with E-state index >= 15 is 0 Å². The number of nitrogens with one attached hydrogen (secondary N) is 1.